The molecule has 17 aromatic carbocycles. The van der Waals surface area contributed by atoms with Crippen molar-refractivity contribution >= 4 is 212 Å². The quantitative estimate of drug-likeness (QED) is 0.113. The summed E-state index contributed by atoms with van der Waals surface area (Å²) in [7, 11) is 0. The molecule has 2 aromatic heterocycles. The number of thiophene rings is 2. The van der Waals surface area contributed by atoms with Crippen molar-refractivity contribution in [2.24, 2.45) is 0 Å². The zero-order chi connectivity index (χ0) is 73.5. The number of anilines is 18. The lowest BCUT2D eigenvalue weighted by molar-refractivity contribution is 1.22. The van der Waals surface area contributed by atoms with Gasteiger partial charge in [-0.05, 0) is 183 Å². The molecule has 112 heavy (non-hydrogen) atoms. The van der Waals surface area contributed by atoms with E-state index in [0.29, 0.717) is 0 Å². The van der Waals surface area contributed by atoms with E-state index >= 15 is 0 Å². The molecule has 4 aliphatic rings. The highest BCUT2D eigenvalue weighted by Gasteiger charge is 2.50. The lowest BCUT2D eigenvalue weighted by Gasteiger charge is -2.48. The van der Waals surface area contributed by atoms with E-state index in [0.717, 1.165) is 125 Å². The maximum atomic E-state index is 2.69. The Kier molecular flexibility index (Phi) is 14.8. The lowest BCUT2D eigenvalue weighted by atomic mass is 9.30. The molecule has 0 aliphatic carbocycles. The second-order valence-corrected chi connectivity index (χ2v) is 31.5. The van der Waals surface area contributed by atoms with Gasteiger partial charge in [0.05, 0.1) is 34.1 Å². The van der Waals surface area contributed by atoms with Crippen molar-refractivity contribution in [1.29, 1.82) is 0 Å². The molecule has 0 saturated heterocycles. The highest BCUT2D eigenvalue weighted by Crippen LogP contribution is 2.56. The fourth-order valence-corrected chi connectivity index (χ4v) is 21.1. The molecule has 0 unspecified atom stereocenters. The molecule has 0 radical (unpaired) electrons. The third kappa shape index (κ3) is 9.92. The van der Waals surface area contributed by atoms with Crippen molar-refractivity contribution in [2.45, 2.75) is 0 Å². The number of hydrogen-bond donors (Lipinski definition) is 0. The number of fused-ring (bicyclic) bond motifs is 14. The van der Waals surface area contributed by atoms with E-state index in [2.05, 4.69) is 430 Å². The molecule has 19 aromatic rings. The lowest BCUT2D eigenvalue weighted by Crippen LogP contribution is -2.65. The minimum atomic E-state index is -0.280. The second kappa shape index (κ2) is 25.9. The monoisotopic (exact) mass is 1460 g/mol. The SMILES string of the molecule is c1ccc(-c2ccccc2N2c3cc4c(cc3B3c5ccccc5N(c5ccccc5)c5cc(N(c6ccccc6)c6ccccc6)cc2c53)B2c3ccccc3N(c3cccc5sc6ccccc6c35)c3cc(N(c5ccccc5)c5cccc6sc7ccccc7c56)cc(c32)N4c2ccccc2-c2ccccc2)cc1. The first-order valence-electron chi connectivity index (χ1n) is 38.5. The Morgan fingerprint density at radius 2 is 0.571 bits per heavy atom. The largest absolute Gasteiger partial charge is 0.311 e. The van der Waals surface area contributed by atoms with Gasteiger partial charge in [0.15, 0.2) is 0 Å². The van der Waals surface area contributed by atoms with E-state index in [9.17, 15) is 0 Å². The first-order chi connectivity index (χ1) is 55.6. The maximum Gasteiger partial charge on any atom is 0.252 e. The van der Waals surface area contributed by atoms with Crippen LogP contribution in [0.1, 0.15) is 0 Å². The second-order valence-electron chi connectivity index (χ2n) is 29.4. The van der Waals surface area contributed by atoms with Crippen molar-refractivity contribution in [3.8, 4) is 22.3 Å². The number of rotatable bonds is 12. The smallest absolute Gasteiger partial charge is 0.252 e. The average Bonchev–Trinajstić information content (AvgIpc) is 0.852. The maximum absolute atomic E-state index is 2.69. The summed E-state index contributed by atoms with van der Waals surface area (Å²) in [5.74, 6) is 0. The van der Waals surface area contributed by atoms with Crippen molar-refractivity contribution in [2.75, 3.05) is 29.4 Å². The number of para-hydroxylation sites is 8. The van der Waals surface area contributed by atoms with Gasteiger partial charge in [-0.25, -0.2) is 0 Å². The molecule has 0 N–H and O–H groups in total. The van der Waals surface area contributed by atoms with E-state index in [1.165, 1.54) is 73.1 Å². The molecule has 0 amide bonds. The molecule has 6 heterocycles. The summed E-state index contributed by atoms with van der Waals surface area (Å²) in [5, 5.41) is 4.95. The van der Waals surface area contributed by atoms with E-state index < -0.39 is 0 Å². The summed E-state index contributed by atoms with van der Waals surface area (Å²) in [6.07, 6.45) is 0. The van der Waals surface area contributed by atoms with Gasteiger partial charge in [0, 0.05) is 120 Å². The first kappa shape index (κ1) is 64.1. The van der Waals surface area contributed by atoms with Crippen molar-refractivity contribution in [3.63, 3.8) is 0 Å². The average molecular weight is 1460 g/mol. The van der Waals surface area contributed by atoms with Gasteiger partial charge in [-0.3, -0.25) is 0 Å². The molecule has 6 nitrogen and oxygen atoms in total. The molecule has 23 rings (SSSR count). The molecular formula is C102H66B2N6S2. The minimum absolute atomic E-state index is 0.249. The van der Waals surface area contributed by atoms with Crippen LogP contribution in [0, 0.1) is 0 Å². The van der Waals surface area contributed by atoms with Crippen molar-refractivity contribution in [1.82, 2.24) is 0 Å². The standard InChI is InChI=1S/C102H66B2N6S2/c1-7-33-67(34-8-1)75-45-19-25-51-83(75)108-89-66-90-82(65-81(89)103-79-49-23-27-53-85(79)107(72-43-17-6-18-44-72)91-61-73(62-92(108)101(91)103)105(69-37-11-3-12-38-69)70-39-13-4-14-40-70)104-80-50-24-28-54-86(80)110(88-56-32-60-98-100(88)78-48-22-30-58-96(78)112-98)94-64-74(63-93(102(94)104)109(90)84-52-26-20-46-76(84)68-35-9-2-10-36-68)106(71-41-15-5-16-42-71)87-55-31-59-97-99(87)77-47-21-29-57-95(77)111-97/h1-66H. The Bertz CT molecular complexity index is 6920. The van der Waals surface area contributed by atoms with Gasteiger partial charge in [-0.1, -0.05) is 261 Å². The van der Waals surface area contributed by atoms with Crippen LogP contribution in [0.25, 0.3) is 62.6 Å². The van der Waals surface area contributed by atoms with Crippen LogP contribution in [0.2, 0.25) is 0 Å². The molecule has 10 heteroatoms. The number of nitrogens with zero attached hydrogens (tertiary/aromatic N) is 6. The highest BCUT2D eigenvalue weighted by molar-refractivity contribution is 7.26. The van der Waals surface area contributed by atoms with Gasteiger partial charge in [-0.15, -0.1) is 22.7 Å². The van der Waals surface area contributed by atoms with Gasteiger partial charge < -0.3 is 29.4 Å². The Hall–Kier alpha value is -13.9. The third-order valence-corrected chi connectivity index (χ3v) is 25.6. The molecule has 0 fully saturated rings. The highest BCUT2D eigenvalue weighted by atomic mass is 32.1. The van der Waals surface area contributed by atoms with Crippen LogP contribution in [-0.4, -0.2) is 13.4 Å². The molecule has 0 atom stereocenters. The summed E-state index contributed by atoms with van der Waals surface area (Å²) in [6, 6.07) is 150. The van der Waals surface area contributed by atoms with Crippen LogP contribution in [0.5, 0.6) is 0 Å². The topological polar surface area (TPSA) is 19.4 Å². The fourth-order valence-electron chi connectivity index (χ4n) is 18.8. The van der Waals surface area contributed by atoms with E-state index in [-0.39, 0.29) is 13.4 Å². The summed E-state index contributed by atoms with van der Waals surface area (Å²) >= 11 is 3.73. The summed E-state index contributed by atoms with van der Waals surface area (Å²) in [5.41, 5.74) is 31.5. The molecule has 0 spiro atoms. The molecule has 0 saturated carbocycles. The number of hydrogen-bond acceptors (Lipinski definition) is 8. The minimum Gasteiger partial charge on any atom is -0.311 e. The Balaban J connectivity index is 0.883. The zero-order valence-electron chi connectivity index (χ0n) is 60.8. The summed E-state index contributed by atoms with van der Waals surface area (Å²) in [6.45, 7) is -0.529. The van der Waals surface area contributed by atoms with Crippen LogP contribution >= 0.6 is 22.7 Å². The number of benzene rings is 17. The van der Waals surface area contributed by atoms with Crippen LogP contribution in [-0.2, 0) is 0 Å². The molecule has 0 bridgehead atoms. The van der Waals surface area contributed by atoms with Crippen molar-refractivity contribution < 1.29 is 0 Å². The first-order valence-corrected chi connectivity index (χ1v) is 40.1. The molecule has 522 valence electrons. The van der Waals surface area contributed by atoms with Gasteiger partial charge in [0.1, 0.15) is 0 Å². The van der Waals surface area contributed by atoms with Gasteiger partial charge >= 0.3 is 0 Å². The Morgan fingerprint density at radius 1 is 0.214 bits per heavy atom. The Labute approximate surface area is 658 Å². The van der Waals surface area contributed by atoms with Gasteiger partial charge in [0.2, 0.25) is 0 Å². The van der Waals surface area contributed by atoms with Crippen LogP contribution in [0.4, 0.5) is 102 Å². The van der Waals surface area contributed by atoms with Crippen LogP contribution in [0.3, 0.4) is 0 Å². The normalized spacial score (nSPS) is 12.9. The predicted octanol–water partition coefficient (Wildman–Crippen LogP) is 24.9. The molecule has 4 aliphatic heterocycles. The van der Waals surface area contributed by atoms with Gasteiger partial charge in [0.25, 0.3) is 13.4 Å². The third-order valence-electron chi connectivity index (χ3n) is 23.3. The van der Waals surface area contributed by atoms with E-state index in [1.807, 2.05) is 22.7 Å². The molecular weight excluding hydrogens is 1390 g/mol. The van der Waals surface area contributed by atoms with E-state index in [1.54, 1.807) is 0 Å². The predicted molar refractivity (Wildman–Crippen MR) is 481 cm³/mol. The van der Waals surface area contributed by atoms with Crippen LogP contribution in [0.15, 0.2) is 400 Å². The van der Waals surface area contributed by atoms with E-state index in [4.69, 9.17) is 0 Å². The van der Waals surface area contributed by atoms with Crippen LogP contribution < -0.4 is 62.2 Å². The zero-order valence-corrected chi connectivity index (χ0v) is 62.4. The Morgan fingerprint density at radius 3 is 1.09 bits per heavy atom. The summed E-state index contributed by atoms with van der Waals surface area (Å²) in [4.78, 5) is 15.5. The fraction of sp³-hybridized carbons (Fsp3) is 0. The summed E-state index contributed by atoms with van der Waals surface area (Å²) < 4.78 is 5.01. The van der Waals surface area contributed by atoms with Gasteiger partial charge in [-0.2, -0.15) is 0 Å². The van der Waals surface area contributed by atoms with Crippen molar-refractivity contribution in [3.05, 3.63) is 400 Å².